The van der Waals surface area contributed by atoms with Crippen LogP contribution in [0.1, 0.15) is 43.4 Å². The molecule has 0 radical (unpaired) electrons. The minimum atomic E-state index is -1.29. The van der Waals surface area contributed by atoms with E-state index in [2.05, 4.69) is 35.0 Å². The smallest absolute Gasteiger partial charge is 0.405 e. The number of halogens is 2. The van der Waals surface area contributed by atoms with Gasteiger partial charge in [0.15, 0.2) is 0 Å². The molecule has 8 heteroatoms. The number of aryl methyl sites for hydroxylation is 1. The second kappa shape index (κ2) is 12.8. The monoisotopic (exact) mass is 447 g/mol. The number of hydrogen-bond donors (Lipinski definition) is 4. The van der Waals surface area contributed by atoms with Crippen LogP contribution in [0.4, 0.5) is 13.6 Å². The number of nitrogens with one attached hydrogen (secondary N) is 3. The van der Waals surface area contributed by atoms with Gasteiger partial charge in [0.05, 0.1) is 0 Å². The zero-order valence-electron chi connectivity index (χ0n) is 18.5. The Hall–Kier alpha value is -3.00. The summed E-state index contributed by atoms with van der Waals surface area (Å²) >= 11 is 0. The molecule has 0 aliphatic carbocycles. The summed E-state index contributed by atoms with van der Waals surface area (Å²) in [6.45, 7) is 5.00. The van der Waals surface area contributed by atoms with Crippen LogP contribution in [0.15, 0.2) is 42.5 Å². The van der Waals surface area contributed by atoms with Gasteiger partial charge in [0.25, 0.3) is 0 Å². The zero-order valence-corrected chi connectivity index (χ0v) is 18.5. The molecular weight excluding hydrogens is 416 g/mol. The maximum atomic E-state index is 13.6. The topological polar surface area (TPSA) is 90.5 Å². The average molecular weight is 448 g/mol. The van der Waals surface area contributed by atoms with Crippen molar-refractivity contribution in [2.45, 2.75) is 58.2 Å². The molecule has 0 bridgehead atoms. The first-order chi connectivity index (χ1) is 15.3. The molecule has 0 saturated heterocycles. The highest BCUT2D eigenvalue weighted by Crippen LogP contribution is 2.12. The fraction of sp³-hybridized carbons (Fsp3) is 0.417. The van der Waals surface area contributed by atoms with E-state index in [4.69, 9.17) is 5.11 Å². The van der Waals surface area contributed by atoms with Gasteiger partial charge in [-0.15, -0.1) is 0 Å². The lowest BCUT2D eigenvalue weighted by molar-refractivity contribution is -0.123. The molecular formula is C24H31F2N3O3. The Labute approximate surface area is 187 Å². The minimum absolute atomic E-state index is 0.219. The molecule has 2 atom stereocenters. The lowest BCUT2D eigenvalue weighted by Gasteiger charge is -2.23. The predicted octanol–water partition coefficient (Wildman–Crippen LogP) is 3.78. The van der Waals surface area contributed by atoms with E-state index in [1.807, 2.05) is 12.1 Å². The van der Waals surface area contributed by atoms with Gasteiger partial charge in [-0.25, -0.2) is 13.6 Å². The van der Waals surface area contributed by atoms with Gasteiger partial charge >= 0.3 is 6.09 Å². The summed E-state index contributed by atoms with van der Waals surface area (Å²) in [4.78, 5) is 23.5. The molecule has 0 spiro atoms. The quantitative estimate of drug-likeness (QED) is 0.373. The van der Waals surface area contributed by atoms with Crippen LogP contribution < -0.4 is 16.0 Å². The zero-order chi connectivity index (χ0) is 23.5. The number of benzene rings is 2. The van der Waals surface area contributed by atoms with Crippen LogP contribution in [-0.4, -0.2) is 35.7 Å². The Morgan fingerprint density at radius 3 is 2.28 bits per heavy atom. The molecule has 0 aliphatic rings. The number of hydrogen-bond acceptors (Lipinski definition) is 3. The van der Waals surface area contributed by atoms with Gasteiger partial charge in [-0.1, -0.05) is 38.1 Å². The second-order valence-electron chi connectivity index (χ2n) is 7.74. The largest absolute Gasteiger partial charge is 0.465 e. The van der Waals surface area contributed by atoms with Crippen molar-refractivity contribution in [1.82, 2.24) is 16.0 Å². The SMILES string of the molecule is CCc1cccc(CNCC[C@H](Cc2cc(F)cc(F)c2)NC(=O)[C@@H](CC)NC(=O)O)c1. The van der Waals surface area contributed by atoms with Gasteiger partial charge < -0.3 is 21.1 Å². The first-order valence-corrected chi connectivity index (χ1v) is 10.8. The third-order valence-corrected chi connectivity index (χ3v) is 5.17. The third-order valence-electron chi connectivity index (χ3n) is 5.17. The fourth-order valence-electron chi connectivity index (χ4n) is 3.51. The van der Waals surface area contributed by atoms with Crippen LogP contribution in [0.25, 0.3) is 0 Å². The van der Waals surface area contributed by atoms with Crippen molar-refractivity contribution in [1.29, 1.82) is 0 Å². The molecule has 2 aromatic rings. The molecule has 4 N–H and O–H groups in total. The Morgan fingerprint density at radius 1 is 0.969 bits per heavy atom. The standard InChI is InChI=1S/C24H31F2N3O3/c1-3-16-6-5-7-17(10-16)15-27-9-8-21(13-18-11-19(25)14-20(26)12-18)28-23(30)22(4-2)29-24(31)32/h5-7,10-12,14,21-22,27,29H,3-4,8-9,13,15H2,1-2H3,(H,28,30)(H,31,32)/t21-,22-/m1/s1. The highest BCUT2D eigenvalue weighted by Gasteiger charge is 2.22. The van der Waals surface area contributed by atoms with E-state index in [0.717, 1.165) is 18.1 Å². The maximum absolute atomic E-state index is 13.6. The van der Waals surface area contributed by atoms with Crippen LogP contribution in [0, 0.1) is 11.6 Å². The third kappa shape index (κ3) is 8.63. The summed E-state index contributed by atoms with van der Waals surface area (Å²) in [5.41, 5.74) is 2.82. The van der Waals surface area contributed by atoms with Gasteiger partial charge in [0.2, 0.25) is 5.91 Å². The van der Waals surface area contributed by atoms with Crippen LogP contribution in [-0.2, 0) is 24.2 Å². The van der Waals surface area contributed by atoms with E-state index in [9.17, 15) is 18.4 Å². The van der Waals surface area contributed by atoms with Crippen molar-refractivity contribution in [3.8, 4) is 0 Å². The number of rotatable bonds is 12. The second-order valence-corrected chi connectivity index (χ2v) is 7.74. The van der Waals surface area contributed by atoms with E-state index >= 15 is 0 Å². The van der Waals surface area contributed by atoms with Crippen LogP contribution in [0.5, 0.6) is 0 Å². The summed E-state index contributed by atoms with van der Waals surface area (Å²) < 4.78 is 27.2. The first kappa shape index (κ1) is 25.3. The van der Waals surface area contributed by atoms with Gasteiger partial charge in [0.1, 0.15) is 17.7 Å². The summed E-state index contributed by atoms with van der Waals surface area (Å²) in [5, 5.41) is 17.3. The fourth-order valence-corrected chi connectivity index (χ4v) is 3.51. The van der Waals surface area contributed by atoms with E-state index in [0.29, 0.717) is 25.1 Å². The molecule has 174 valence electrons. The summed E-state index contributed by atoms with van der Waals surface area (Å²) in [6.07, 6.45) is 0.671. The molecule has 0 heterocycles. The lowest BCUT2D eigenvalue weighted by atomic mass is 10.0. The molecule has 0 aromatic heterocycles. The van der Waals surface area contributed by atoms with Crippen LogP contribution in [0.2, 0.25) is 0 Å². The van der Waals surface area contributed by atoms with Crippen molar-refractivity contribution in [2.75, 3.05) is 6.54 Å². The van der Waals surface area contributed by atoms with Crippen molar-refractivity contribution < 1.29 is 23.5 Å². The number of carbonyl (C=O) groups is 2. The van der Waals surface area contributed by atoms with Crippen molar-refractivity contribution in [3.05, 3.63) is 70.8 Å². The van der Waals surface area contributed by atoms with E-state index in [1.165, 1.54) is 17.7 Å². The Kier molecular flexibility index (Phi) is 10.1. The normalized spacial score (nSPS) is 12.8. The highest BCUT2D eigenvalue weighted by atomic mass is 19.1. The predicted molar refractivity (Wildman–Crippen MR) is 119 cm³/mol. The van der Waals surface area contributed by atoms with E-state index in [1.54, 1.807) is 6.92 Å². The van der Waals surface area contributed by atoms with Crippen molar-refractivity contribution in [3.63, 3.8) is 0 Å². The Morgan fingerprint density at radius 2 is 1.66 bits per heavy atom. The van der Waals surface area contributed by atoms with Crippen molar-refractivity contribution >= 4 is 12.0 Å². The van der Waals surface area contributed by atoms with Gasteiger partial charge in [-0.2, -0.15) is 0 Å². The molecule has 0 fully saturated rings. The summed E-state index contributed by atoms with van der Waals surface area (Å²) in [6, 6.07) is 10.2. The number of carboxylic acid groups (broad SMARTS) is 1. The van der Waals surface area contributed by atoms with Gasteiger partial charge in [0, 0.05) is 18.7 Å². The highest BCUT2D eigenvalue weighted by molar-refractivity contribution is 5.85. The molecule has 0 unspecified atom stereocenters. The summed E-state index contributed by atoms with van der Waals surface area (Å²) in [7, 11) is 0. The molecule has 32 heavy (non-hydrogen) atoms. The maximum Gasteiger partial charge on any atom is 0.405 e. The lowest BCUT2D eigenvalue weighted by Crippen LogP contribution is -2.50. The average Bonchev–Trinajstić information content (AvgIpc) is 2.74. The van der Waals surface area contributed by atoms with Gasteiger partial charge in [-0.05, 0) is 61.1 Å². The van der Waals surface area contributed by atoms with E-state index in [-0.39, 0.29) is 12.8 Å². The molecule has 2 aromatic carbocycles. The van der Waals surface area contributed by atoms with Gasteiger partial charge in [-0.3, -0.25) is 4.79 Å². The minimum Gasteiger partial charge on any atom is -0.465 e. The summed E-state index contributed by atoms with van der Waals surface area (Å²) in [5.74, 6) is -1.83. The number of carbonyl (C=O) groups excluding carboxylic acids is 1. The van der Waals surface area contributed by atoms with Crippen LogP contribution in [0.3, 0.4) is 0 Å². The molecule has 0 aliphatic heterocycles. The Bertz CT molecular complexity index is 888. The molecule has 6 nitrogen and oxygen atoms in total. The molecule has 2 amide bonds. The number of amides is 2. The molecule has 2 rings (SSSR count). The Balaban J connectivity index is 2.01. The van der Waals surface area contributed by atoms with Crippen LogP contribution >= 0.6 is 0 Å². The van der Waals surface area contributed by atoms with Crippen molar-refractivity contribution in [2.24, 2.45) is 0 Å². The first-order valence-electron chi connectivity index (χ1n) is 10.8. The molecule has 0 saturated carbocycles. The van der Waals surface area contributed by atoms with E-state index < -0.39 is 35.7 Å².